The largest absolute Gasteiger partial charge is 0.466 e. The number of rotatable bonds is 13. The summed E-state index contributed by atoms with van der Waals surface area (Å²) in [4.78, 5) is 58.2. The van der Waals surface area contributed by atoms with E-state index in [2.05, 4.69) is 15.6 Å². The Labute approximate surface area is 287 Å². The molecule has 1 aromatic heterocycles. The third-order valence-corrected chi connectivity index (χ3v) is 7.53. The van der Waals surface area contributed by atoms with Gasteiger partial charge in [0, 0.05) is 19.3 Å². The topological polar surface area (TPSA) is 158 Å². The standard InChI is InChI=1S/C33H42N6O6.2ClH/c1-4-45-31(42)25-15-17-38(18-16-25)30(41)28(24-13-9-6-10-14-24)39-19-27(35-22-39)37-29(40)26(36-32(43)33(2,3)34)21-44-20-23-11-7-5-8-12-23;;/h5-14,19,22,25-26,28H,4,15-18,20-21,34H2,1-3H3,(H,36,43)(H,37,40);2*1H/t26-,28?;;/m1../s1. The van der Waals surface area contributed by atoms with E-state index in [1.807, 2.05) is 60.7 Å². The molecule has 0 saturated carbocycles. The maximum Gasteiger partial charge on any atom is 0.309 e. The summed E-state index contributed by atoms with van der Waals surface area (Å²) in [5, 5.41) is 5.41. The zero-order chi connectivity index (χ0) is 32.4. The molecule has 256 valence electrons. The second-order valence-electron chi connectivity index (χ2n) is 11.6. The van der Waals surface area contributed by atoms with Gasteiger partial charge in [0.25, 0.3) is 5.91 Å². The van der Waals surface area contributed by atoms with E-state index in [9.17, 15) is 19.2 Å². The third kappa shape index (κ3) is 11.1. The van der Waals surface area contributed by atoms with Crippen molar-refractivity contribution >= 4 is 54.3 Å². The van der Waals surface area contributed by atoms with E-state index < -0.39 is 29.4 Å². The van der Waals surface area contributed by atoms with Crippen LogP contribution in [0.4, 0.5) is 5.82 Å². The van der Waals surface area contributed by atoms with Crippen molar-refractivity contribution in [3.63, 3.8) is 0 Å². The summed E-state index contributed by atoms with van der Waals surface area (Å²) in [6.07, 6.45) is 4.11. The summed E-state index contributed by atoms with van der Waals surface area (Å²) in [6.45, 7) is 6.19. The Bertz CT molecular complexity index is 1440. The number of nitrogens with two attached hydrogens (primary N) is 1. The van der Waals surface area contributed by atoms with Crippen LogP contribution in [0.25, 0.3) is 0 Å². The molecular formula is C33H44Cl2N6O6. The number of esters is 1. The average Bonchev–Trinajstić information content (AvgIpc) is 3.48. The fourth-order valence-electron chi connectivity index (χ4n) is 5.00. The Morgan fingerprint density at radius 2 is 1.62 bits per heavy atom. The predicted octanol–water partition coefficient (Wildman–Crippen LogP) is 3.50. The van der Waals surface area contributed by atoms with E-state index in [-0.39, 0.29) is 61.6 Å². The van der Waals surface area contributed by atoms with Crippen molar-refractivity contribution in [2.24, 2.45) is 11.7 Å². The number of nitrogens with zero attached hydrogens (tertiary/aromatic N) is 3. The van der Waals surface area contributed by atoms with Gasteiger partial charge < -0.3 is 35.3 Å². The van der Waals surface area contributed by atoms with Gasteiger partial charge in [0.2, 0.25) is 11.8 Å². The number of halogens is 2. The number of anilines is 1. The number of imidazole rings is 1. The fourth-order valence-corrected chi connectivity index (χ4v) is 5.00. The second kappa shape index (κ2) is 18.4. The van der Waals surface area contributed by atoms with Gasteiger partial charge >= 0.3 is 5.97 Å². The van der Waals surface area contributed by atoms with Gasteiger partial charge in [-0.15, -0.1) is 24.8 Å². The molecule has 47 heavy (non-hydrogen) atoms. The highest BCUT2D eigenvalue weighted by molar-refractivity contribution is 5.98. The molecule has 12 nitrogen and oxygen atoms in total. The molecule has 1 fully saturated rings. The molecule has 0 spiro atoms. The molecule has 4 N–H and O–H groups in total. The van der Waals surface area contributed by atoms with Gasteiger partial charge in [-0.2, -0.15) is 0 Å². The number of ether oxygens (including phenoxy) is 2. The van der Waals surface area contributed by atoms with Crippen molar-refractivity contribution in [2.75, 3.05) is 31.6 Å². The molecule has 1 aliphatic rings. The van der Waals surface area contributed by atoms with Crippen LogP contribution in [0.3, 0.4) is 0 Å². The maximum absolute atomic E-state index is 13.9. The van der Waals surface area contributed by atoms with E-state index in [0.717, 1.165) is 11.1 Å². The van der Waals surface area contributed by atoms with Crippen LogP contribution in [0.15, 0.2) is 73.2 Å². The quantitative estimate of drug-likeness (QED) is 0.230. The molecule has 0 radical (unpaired) electrons. The fraction of sp³-hybridized carbons (Fsp3) is 0.424. The summed E-state index contributed by atoms with van der Waals surface area (Å²) in [7, 11) is 0. The van der Waals surface area contributed by atoms with Gasteiger partial charge in [0.1, 0.15) is 12.1 Å². The number of hydrogen-bond donors (Lipinski definition) is 3. The van der Waals surface area contributed by atoms with Crippen molar-refractivity contribution in [3.05, 3.63) is 84.3 Å². The SMILES string of the molecule is CCOC(=O)C1CCN(C(=O)C(c2ccccc2)n2cnc(NC(=O)[C@@H](COCc3ccccc3)NC(=O)C(C)(C)N)c2)CC1.Cl.Cl. The average molecular weight is 692 g/mol. The molecule has 2 aromatic carbocycles. The number of carbonyl (C=O) groups is 4. The van der Waals surface area contributed by atoms with Crippen LogP contribution < -0.4 is 16.4 Å². The minimum Gasteiger partial charge on any atom is -0.466 e. The number of carbonyl (C=O) groups excluding carboxylic acids is 4. The Balaban J connectivity index is 0.00000384. The van der Waals surface area contributed by atoms with Gasteiger partial charge in [-0.1, -0.05) is 60.7 Å². The van der Waals surface area contributed by atoms with Crippen LogP contribution in [0, 0.1) is 5.92 Å². The number of benzene rings is 2. The van der Waals surface area contributed by atoms with Crippen LogP contribution in [0.2, 0.25) is 0 Å². The Kier molecular flexibility index (Phi) is 15.3. The normalized spacial score (nSPS) is 14.5. The van der Waals surface area contributed by atoms with E-state index in [4.69, 9.17) is 15.2 Å². The van der Waals surface area contributed by atoms with Crippen LogP contribution in [0.1, 0.15) is 50.8 Å². The molecule has 3 amide bonds. The highest BCUT2D eigenvalue weighted by Crippen LogP contribution is 2.26. The number of aromatic nitrogens is 2. The number of hydrogen-bond acceptors (Lipinski definition) is 8. The smallest absolute Gasteiger partial charge is 0.309 e. The van der Waals surface area contributed by atoms with Crippen molar-refractivity contribution in [1.29, 1.82) is 0 Å². The maximum atomic E-state index is 13.9. The van der Waals surface area contributed by atoms with Gasteiger partial charge in [-0.3, -0.25) is 19.2 Å². The Morgan fingerprint density at radius 1 is 1.00 bits per heavy atom. The lowest BCUT2D eigenvalue weighted by Crippen LogP contribution is -2.56. The highest BCUT2D eigenvalue weighted by Gasteiger charge is 2.34. The lowest BCUT2D eigenvalue weighted by molar-refractivity contribution is -0.151. The van der Waals surface area contributed by atoms with Crippen molar-refractivity contribution in [3.8, 4) is 0 Å². The zero-order valence-corrected chi connectivity index (χ0v) is 28.4. The molecule has 2 atom stereocenters. The molecule has 0 bridgehead atoms. The number of amides is 3. The lowest BCUT2D eigenvalue weighted by Gasteiger charge is -2.33. The first-order chi connectivity index (χ1) is 21.6. The van der Waals surface area contributed by atoms with Gasteiger partial charge in [0.05, 0.1) is 37.6 Å². The van der Waals surface area contributed by atoms with Crippen molar-refractivity contribution < 1.29 is 28.7 Å². The zero-order valence-electron chi connectivity index (χ0n) is 26.8. The first kappa shape index (κ1) is 39.2. The van der Waals surface area contributed by atoms with E-state index in [1.54, 1.807) is 36.4 Å². The van der Waals surface area contributed by atoms with E-state index in [1.165, 1.54) is 6.33 Å². The number of nitrogens with one attached hydrogen (secondary N) is 2. The van der Waals surface area contributed by atoms with Gasteiger partial charge in [0.15, 0.2) is 5.82 Å². The molecule has 1 aliphatic heterocycles. The van der Waals surface area contributed by atoms with Crippen LogP contribution in [-0.4, -0.2) is 76.0 Å². The van der Waals surface area contributed by atoms with Gasteiger partial charge in [-0.25, -0.2) is 4.98 Å². The summed E-state index contributed by atoms with van der Waals surface area (Å²) >= 11 is 0. The molecule has 1 unspecified atom stereocenters. The lowest BCUT2D eigenvalue weighted by atomic mass is 9.95. The Morgan fingerprint density at radius 3 is 2.21 bits per heavy atom. The van der Waals surface area contributed by atoms with Crippen molar-refractivity contribution in [2.45, 2.75) is 57.8 Å². The van der Waals surface area contributed by atoms with E-state index in [0.29, 0.717) is 32.5 Å². The molecule has 1 saturated heterocycles. The monoisotopic (exact) mass is 690 g/mol. The molecule has 0 aliphatic carbocycles. The Hall–Kier alpha value is -3.97. The minimum atomic E-state index is -1.21. The molecule has 14 heteroatoms. The molecule has 2 heterocycles. The summed E-state index contributed by atoms with van der Waals surface area (Å²) in [5.74, 6) is -1.47. The first-order valence-corrected chi connectivity index (χ1v) is 15.1. The highest BCUT2D eigenvalue weighted by atomic mass is 35.5. The van der Waals surface area contributed by atoms with E-state index >= 15 is 0 Å². The molecular weight excluding hydrogens is 647 g/mol. The summed E-state index contributed by atoms with van der Waals surface area (Å²) < 4.78 is 12.6. The molecule has 4 rings (SSSR count). The predicted molar refractivity (Wildman–Crippen MR) is 182 cm³/mol. The number of likely N-dealkylation sites (tertiary alicyclic amines) is 1. The van der Waals surface area contributed by atoms with Crippen LogP contribution >= 0.6 is 24.8 Å². The number of piperidine rings is 1. The van der Waals surface area contributed by atoms with Gasteiger partial charge in [-0.05, 0) is 44.7 Å². The molecule has 3 aromatic rings. The second-order valence-corrected chi connectivity index (χ2v) is 11.6. The minimum absolute atomic E-state index is 0. The summed E-state index contributed by atoms with van der Waals surface area (Å²) in [6, 6.07) is 17.0. The summed E-state index contributed by atoms with van der Waals surface area (Å²) in [5.41, 5.74) is 6.41. The third-order valence-electron chi connectivity index (χ3n) is 7.53. The first-order valence-electron chi connectivity index (χ1n) is 15.1. The van der Waals surface area contributed by atoms with Crippen LogP contribution in [0.5, 0.6) is 0 Å². The van der Waals surface area contributed by atoms with Crippen LogP contribution in [-0.2, 0) is 35.3 Å². The van der Waals surface area contributed by atoms with Crippen molar-refractivity contribution in [1.82, 2.24) is 19.8 Å².